The molecule has 0 saturated heterocycles. The monoisotopic (exact) mass is 263 g/mol. The maximum atomic E-state index is 10.6. The second kappa shape index (κ2) is 5.83. The zero-order valence-corrected chi connectivity index (χ0v) is 12.0. The Labute approximate surface area is 115 Å². The average molecular weight is 263 g/mol. The van der Waals surface area contributed by atoms with Crippen molar-refractivity contribution in [2.45, 2.75) is 50.5 Å². The van der Waals surface area contributed by atoms with Crippen LogP contribution in [0.15, 0.2) is 18.2 Å². The van der Waals surface area contributed by atoms with Crippen LogP contribution < -0.4 is 4.90 Å². The summed E-state index contributed by atoms with van der Waals surface area (Å²) in [4.78, 5) is 2.01. The van der Waals surface area contributed by atoms with Crippen LogP contribution in [-0.2, 0) is 6.42 Å². The minimum absolute atomic E-state index is 0.295. The number of nitrogens with zero attached hydrogens (tertiary/aromatic N) is 1. The van der Waals surface area contributed by atoms with Crippen LogP contribution >= 0.6 is 0 Å². The summed E-state index contributed by atoms with van der Waals surface area (Å²) in [6.07, 6.45) is 7.09. The van der Waals surface area contributed by atoms with E-state index < -0.39 is 5.60 Å². The molecule has 0 heterocycles. The highest BCUT2D eigenvalue weighted by Gasteiger charge is 2.28. The van der Waals surface area contributed by atoms with E-state index in [1.807, 2.05) is 25.1 Å². The van der Waals surface area contributed by atoms with Crippen molar-refractivity contribution in [3.8, 4) is 5.75 Å². The largest absolute Gasteiger partial charge is 0.508 e. The van der Waals surface area contributed by atoms with Crippen LogP contribution in [0, 0.1) is 0 Å². The minimum atomic E-state index is -0.473. The molecule has 0 bridgehead atoms. The number of aromatic hydroxyl groups is 1. The Hall–Kier alpha value is -1.22. The van der Waals surface area contributed by atoms with Gasteiger partial charge in [-0.1, -0.05) is 25.3 Å². The average Bonchev–Trinajstić information content (AvgIpc) is 2.38. The number of benzene rings is 1. The molecule has 0 amide bonds. The van der Waals surface area contributed by atoms with Gasteiger partial charge >= 0.3 is 0 Å². The van der Waals surface area contributed by atoms with Crippen molar-refractivity contribution in [3.05, 3.63) is 23.8 Å². The molecule has 19 heavy (non-hydrogen) atoms. The first kappa shape index (κ1) is 14.2. The molecular weight excluding hydrogens is 238 g/mol. The summed E-state index contributed by atoms with van der Waals surface area (Å²) in [5.74, 6) is 0.295. The number of hydrogen-bond donors (Lipinski definition) is 2. The molecule has 1 saturated carbocycles. The molecule has 106 valence electrons. The molecule has 0 aliphatic heterocycles. The standard InChI is InChI=1S/C16H25NO2/c1-17(2)15-12-14(18)7-6-13(15)8-11-16(19)9-4-3-5-10-16/h6-7,12,18-19H,3-5,8-11H2,1-2H3. The first-order valence-electron chi connectivity index (χ1n) is 7.22. The summed E-state index contributed by atoms with van der Waals surface area (Å²) in [6.45, 7) is 0. The molecule has 1 aliphatic carbocycles. The van der Waals surface area contributed by atoms with Crippen LogP contribution in [0.3, 0.4) is 0 Å². The lowest BCUT2D eigenvalue weighted by molar-refractivity contribution is -0.00339. The molecule has 2 rings (SSSR count). The van der Waals surface area contributed by atoms with E-state index >= 15 is 0 Å². The quantitative estimate of drug-likeness (QED) is 0.877. The van der Waals surface area contributed by atoms with Gasteiger partial charge in [0.25, 0.3) is 0 Å². The van der Waals surface area contributed by atoms with Crippen molar-refractivity contribution in [1.82, 2.24) is 0 Å². The number of phenolic OH excluding ortho intramolecular Hbond substituents is 1. The lowest BCUT2D eigenvalue weighted by Crippen LogP contribution is -2.31. The molecule has 1 aromatic rings. The molecule has 0 spiro atoms. The smallest absolute Gasteiger partial charge is 0.117 e. The van der Waals surface area contributed by atoms with Gasteiger partial charge in [-0.15, -0.1) is 0 Å². The third-order valence-electron chi connectivity index (χ3n) is 4.19. The van der Waals surface area contributed by atoms with E-state index in [1.54, 1.807) is 12.1 Å². The second-order valence-electron chi connectivity index (χ2n) is 5.99. The number of aryl methyl sites for hydroxylation is 1. The Morgan fingerprint density at radius 2 is 1.84 bits per heavy atom. The normalized spacial score (nSPS) is 18.3. The lowest BCUT2D eigenvalue weighted by Gasteiger charge is -2.32. The van der Waals surface area contributed by atoms with E-state index in [0.717, 1.165) is 44.2 Å². The van der Waals surface area contributed by atoms with E-state index in [1.165, 1.54) is 12.0 Å². The molecule has 3 nitrogen and oxygen atoms in total. The maximum Gasteiger partial charge on any atom is 0.117 e. The van der Waals surface area contributed by atoms with E-state index in [0.29, 0.717) is 5.75 Å². The fraction of sp³-hybridized carbons (Fsp3) is 0.625. The highest BCUT2D eigenvalue weighted by atomic mass is 16.3. The van der Waals surface area contributed by atoms with Crippen LogP contribution in [-0.4, -0.2) is 29.9 Å². The van der Waals surface area contributed by atoms with E-state index in [-0.39, 0.29) is 0 Å². The van der Waals surface area contributed by atoms with Gasteiger partial charge in [0.05, 0.1) is 5.60 Å². The van der Waals surface area contributed by atoms with Gasteiger partial charge in [0, 0.05) is 25.8 Å². The fourth-order valence-corrected chi connectivity index (χ4v) is 3.01. The second-order valence-corrected chi connectivity index (χ2v) is 5.99. The van der Waals surface area contributed by atoms with Crippen molar-refractivity contribution in [2.24, 2.45) is 0 Å². The first-order valence-corrected chi connectivity index (χ1v) is 7.22. The minimum Gasteiger partial charge on any atom is -0.508 e. The number of aliphatic hydroxyl groups is 1. The van der Waals surface area contributed by atoms with Crippen molar-refractivity contribution in [3.63, 3.8) is 0 Å². The van der Waals surface area contributed by atoms with Crippen LogP contribution in [0.25, 0.3) is 0 Å². The Kier molecular flexibility index (Phi) is 4.35. The number of hydrogen-bond acceptors (Lipinski definition) is 3. The van der Waals surface area contributed by atoms with E-state index in [9.17, 15) is 10.2 Å². The molecule has 0 radical (unpaired) electrons. The van der Waals surface area contributed by atoms with Crippen molar-refractivity contribution >= 4 is 5.69 Å². The summed E-state index contributed by atoms with van der Waals surface area (Å²) >= 11 is 0. The SMILES string of the molecule is CN(C)c1cc(O)ccc1CCC1(O)CCCCC1. The highest BCUT2D eigenvalue weighted by Crippen LogP contribution is 2.33. The zero-order valence-electron chi connectivity index (χ0n) is 12.0. The third kappa shape index (κ3) is 3.63. The first-order chi connectivity index (χ1) is 9.00. The predicted octanol–water partition coefficient (Wildman–Crippen LogP) is 3.09. The molecule has 1 aliphatic rings. The summed E-state index contributed by atoms with van der Waals surface area (Å²) < 4.78 is 0. The molecule has 1 fully saturated rings. The van der Waals surface area contributed by atoms with E-state index in [4.69, 9.17) is 0 Å². The Bertz CT molecular complexity index is 423. The van der Waals surface area contributed by atoms with Crippen LogP contribution in [0.4, 0.5) is 5.69 Å². The van der Waals surface area contributed by atoms with Gasteiger partial charge in [0.15, 0.2) is 0 Å². The van der Waals surface area contributed by atoms with Gasteiger partial charge in [0.1, 0.15) is 5.75 Å². The molecule has 2 N–H and O–H groups in total. The van der Waals surface area contributed by atoms with Gasteiger partial charge in [-0.25, -0.2) is 0 Å². The van der Waals surface area contributed by atoms with Crippen molar-refractivity contribution < 1.29 is 10.2 Å². The van der Waals surface area contributed by atoms with Crippen molar-refractivity contribution in [1.29, 1.82) is 0 Å². The van der Waals surface area contributed by atoms with Crippen molar-refractivity contribution in [2.75, 3.05) is 19.0 Å². The number of phenols is 1. The lowest BCUT2D eigenvalue weighted by atomic mass is 9.81. The molecule has 0 aromatic heterocycles. The molecule has 3 heteroatoms. The number of rotatable bonds is 4. The third-order valence-corrected chi connectivity index (χ3v) is 4.19. The summed E-state index contributed by atoms with van der Waals surface area (Å²) in [6, 6.07) is 5.49. The summed E-state index contributed by atoms with van der Waals surface area (Å²) in [5.41, 5.74) is 1.76. The molecule has 0 unspecified atom stereocenters. The van der Waals surface area contributed by atoms with Gasteiger partial charge in [0.2, 0.25) is 0 Å². The molecule has 0 atom stereocenters. The Morgan fingerprint density at radius 3 is 2.47 bits per heavy atom. The van der Waals surface area contributed by atoms with Crippen LogP contribution in [0.2, 0.25) is 0 Å². The fourth-order valence-electron chi connectivity index (χ4n) is 3.01. The number of anilines is 1. The van der Waals surface area contributed by atoms with Gasteiger partial charge in [-0.05, 0) is 37.3 Å². The van der Waals surface area contributed by atoms with Crippen LogP contribution in [0.1, 0.15) is 44.1 Å². The topological polar surface area (TPSA) is 43.7 Å². The van der Waals surface area contributed by atoms with Crippen LogP contribution in [0.5, 0.6) is 5.75 Å². The van der Waals surface area contributed by atoms with E-state index in [2.05, 4.69) is 0 Å². The molecule has 1 aromatic carbocycles. The van der Waals surface area contributed by atoms with Gasteiger partial charge < -0.3 is 15.1 Å². The Morgan fingerprint density at radius 1 is 1.16 bits per heavy atom. The zero-order chi connectivity index (χ0) is 13.9. The predicted molar refractivity (Wildman–Crippen MR) is 78.8 cm³/mol. The summed E-state index contributed by atoms with van der Waals surface area (Å²) in [5, 5.41) is 20.1. The summed E-state index contributed by atoms with van der Waals surface area (Å²) in [7, 11) is 3.96. The maximum absolute atomic E-state index is 10.6. The molecular formula is C16H25NO2. The van der Waals surface area contributed by atoms with Gasteiger partial charge in [-0.2, -0.15) is 0 Å². The van der Waals surface area contributed by atoms with Gasteiger partial charge in [-0.3, -0.25) is 0 Å². The highest BCUT2D eigenvalue weighted by molar-refractivity contribution is 5.56. The Balaban J connectivity index is 2.06.